The molecule has 84 valence electrons. The van der Waals surface area contributed by atoms with Gasteiger partial charge in [-0.15, -0.1) is 0 Å². The van der Waals surface area contributed by atoms with Gasteiger partial charge in [-0.1, -0.05) is 26.8 Å². The van der Waals surface area contributed by atoms with Gasteiger partial charge >= 0.3 is 6.09 Å². The molecule has 0 bridgehead atoms. The Labute approximate surface area is 89.9 Å². The largest absolute Gasteiger partial charge is 0.447 e. The first-order valence-electron chi connectivity index (χ1n) is 5.00. The average molecular weight is 211 g/mol. The predicted octanol–water partition coefficient (Wildman–Crippen LogP) is 1.96. The van der Waals surface area contributed by atoms with Gasteiger partial charge in [0.25, 0.3) is 5.91 Å². The van der Waals surface area contributed by atoms with Crippen LogP contribution in [0.2, 0.25) is 0 Å². The van der Waals surface area contributed by atoms with Gasteiger partial charge in [0, 0.05) is 0 Å². The molecular weight excluding hydrogens is 194 g/mol. The van der Waals surface area contributed by atoms with Crippen molar-refractivity contribution in [2.75, 3.05) is 6.61 Å². The monoisotopic (exact) mass is 211 g/mol. The fourth-order valence-electron chi connectivity index (χ4n) is 1.53. The number of carbonyl (C=O) groups is 2. The highest BCUT2D eigenvalue weighted by molar-refractivity contribution is 5.99. The first kappa shape index (κ1) is 11.8. The standard InChI is InChI=1S/C11H17NO3/c1-5-6-9(13)12-8(11(2,3)4)7-15-10(12)14/h5-6,8H,7H2,1-4H3/b6-5+/t8-/m1/s1. The van der Waals surface area contributed by atoms with Crippen LogP contribution in [-0.4, -0.2) is 29.5 Å². The average Bonchev–Trinajstić information content (AvgIpc) is 2.46. The highest BCUT2D eigenvalue weighted by atomic mass is 16.6. The summed E-state index contributed by atoms with van der Waals surface area (Å²) in [6.45, 7) is 7.97. The Morgan fingerprint density at radius 1 is 1.53 bits per heavy atom. The van der Waals surface area contributed by atoms with Gasteiger partial charge in [-0.2, -0.15) is 0 Å². The van der Waals surface area contributed by atoms with E-state index in [-0.39, 0.29) is 24.0 Å². The van der Waals surface area contributed by atoms with E-state index >= 15 is 0 Å². The molecule has 0 aromatic carbocycles. The van der Waals surface area contributed by atoms with Crippen molar-refractivity contribution < 1.29 is 14.3 Å². The van der Waals surface area contributed by atoms with Crippen LogP contribution in [0.3, 0.4) is 0 Å². The number of imide groups is 1. The lowest BCUT2D eigenvalue weighted by atomic mass is 9.86. The number of cyclic esters (lactones) is 1. The molecule has 1 fully saturated rings. The maximum atomic E-state index is 11.7. The zero-order valence-corrected chi connectivity index (χ0v) is 9.61. The number of amides is 2. The van der Waals surface area contributed by atoms with Crippen molar-refractivity contribution in [3.05, 3.63) is 12.2 Å². The molecule has 1 rings (SSSR count). The Morgan fingerprint density at radius 2 is 2.13 bits per heavy atom. The van der Waals surface area contributed by atoms with E-state index in [1.807, 2.05) is 20.8 Å². The molecule has 0 unspecified atom stereocenters. The molecule has 0 N–H and O–H groups in total. The first-order chi connectivity index (χ1) is 6.88. The molecule has 1 aliphatic heterocycles. The fourth-order valence-corrected chi connectivity index (χ4v) is 1.53. The van der Waals surface area contributed by atoms with Crippen LogP contribution in [0.5, 0.6) is 0 Å². The molecule has 4 heteroatoms. The van der Waals surface area contributed by atoms with Gasteiger partial charge in [0.2, 0.25) is 0 Å². The Balaban J connectivity index is 2.92. The minimum absolute atomic E-state index is 0.163. The van der Waals surface area contributed by atoms with Crippen LogP contribution in [-0.2, 0) is 9.53 Å². The lowest BCUT2D eigenvalue weighted by Gasteiger charge is -2.30. The molecule has 0 aromatic rings. The topological polar surface area (TPSA) is 46.6 Å². The molecule has 0 saturated carbocycles. The summed E-state index contributed by atoms with van der Waals surface area (Å²) in [5.74, 6) is -0.306. The molecule has 1 heterocycles. The number of ether oxygens (including phenoxy) is 1. The minimum atomic E-state index is -0.543. The van der Waals surface area contributed by atoms with Crippen LogP contribution in [0.15, 0.2) is 12.2 Å². The number of hydrogen-bond donors (Lipinski definition) is 0. The van der Waals surface area contributed by atoms with Gasteiger partial charge in [0.05, 0.1) is 6.04 Å². The maximum Gasteiger partial charge on any atom is 0.417 e. The predicted molar refractivity (Wildman–Crippen MR) is 56.3 cm³/mol. The summed E-state index contributed by atoms with van der Waals surface area (Å²) in [6, 6.07) is -0.186. The van der Waals surface area contributed by atoms with E-state index < -0.39 is 6.09 Å². The summed E-state index contributed by atoms with van der Waals surface area (Å²) in [6.07, 6.45) is 2.46. The van der Waals surface area contributed by atoms with Crippen molar-refractivity contribution in [2.24, 2.45) is 5.41 Å². The van der Waals surface area contributed by atoms with Crippen molar-refractivity contribution >= 4 is 12.0 Å². The van der Waals surface area contributed by atoms with Crippen LogP contribution in [0, 0.1) is 5.41 Å². The quantitative estimate of drug-likeness (QED) is 0.623. The van der Waals surface area contributed by atoms with Crippen LogP contribution in [0.1, 0.15) is 27.7 Å². The fraction of sp³-hybridized carbons (Fsp3) is 0.636. The van der Waals surface area contributed by atoms with Crippen LogP contribution in [0.4, 0.5) is 4.79 Å². The molecule has 4 nitrogen and oxygen atoms in total. The van der Waals surface area contributed by atoms with Crippen LogP contribution in [0.25, 0.3) is 0 Å². The molecule has 1 aliphatic rings. The number of carbonyl (C=O) groups excluding carboxylic acids is 2. The normalized spacial score (nSPS) is 22.3. The van der Waals surface area contributed by atoms with E-state index in [1.165, 1.54) is 11.0 Å². The van der Waals surface area contributed by atoms with E-state index in [4.69, 9.17) is 4.74 Å². The SMILES string of the molecule is C/C=C/C(=O)N1C(=O)OC[C@@H]1C(C)(C)C. The minimum Gasteiger partial charge on any atom is -0.447 e. The lowest BCUT2D eigenvalue weighted by molar-refractivity contribution is -0.125. The smallest absolute Gasteiger partial charge is 0.417 e. The maximum absolute atomic E-state index is 11.7. The molecule has 1 saturated heterocycles. The second kappa shape index (κ2) is 4.04. The van der Waals surface area contributed by atoms with E-state index in [9.17, 15) is 9.59 Å². The lowest BCUT2D eigenvalue weighted by Crippen LogP contribution is -2.45. The zero-order chi connectivity index (χ0) is 11.6. The summed E-state index contributed by atoms with van der Waals surface area (Å²) in [7, 11) is 0. The zero-order valence-electron chi connectivity index (χ0n) is 9.61. The molecule has 2 amide bonds. The van der Waals surface area contributed by atoms with Gasteiger partial charge in [0.15, 0.2) is 0 Å². The Bertz CT molecular complexity index is 301. The third kappa shape index (κ3) is 2.37. The van der Waals surface area contributed by atoms with Crippen molar-refractivity contribution in [2.45, 2.75) is 33.7 Å². The first-order valence-corrected chi connectivity index (χ1v) is 5.00. The summed E-state index contributed by atoms with van der Waals surface area (Å²) in [4.78, 5) is 24.2. The highest BCUT2D eigenvalue weighted by Crippen LogP contribution is 2.29. The number of hydrogen-bond acceptors (Lipinski definition) is 3. The number of rotatable bonds is 1. The molecule has 0 radical (unpaired) electrons. The van der Waals surface area contributed by atoms with E-state index in [1.54, 1.807) is 13.0 Å². The van der Waals surface area contributed by atoms with E-state index in [0.717, 1.165) is 0 Å². The molecule has 0 spiro atoms. The summed E-state index contributed by atoms with van der Waals surface area (Å²) < 4.78 is 4.90. The Hall–Kier alpha value is -1.32. The van der Waals surface area contributed by atoms with Crippen molar-refractivity contribution in [1.29, 1.82) is 0 Å². The second-order valence-electron chi connectivity index (χ2n) is 4.67. The Kier molecular flexibility index (Phi) is 3.17. The third-order valence-electron chi connectivity index (χ3n) is 2.42. The molecule has 0 aromatic heterocycles. The van der Waals surface area contributed by atoms with Gasteiger partial charge in [-0.3, -0.25) is 4.79 Å². The van der Waals surface area contributed by atoms with Crippen LogP contribution >= 0.6 is 0 Å². The summed E-state index contributed by atoms with van der Waals surface area (Å²) >= 11 is 0. The highest BCUT2D eigenvalue weighted by Gasteiger charge is 2.43. The van der Waals surface area contributed by atoms with Gasteiger partial charge in [-0.05, 0) is 18.4 Å². The molecule has 15 heavy (non-hydrogen) atoms. The molecule has 0 aliphatic carbocycles. The molecular formula is C11H17NO3. The summed E-state index contributed by atoms with van der Waals surface area (Å²) in [5.41, 5.74) is -0.163. The number of nitrogens with zero attached hydrogens (tertiary/aromatic N) is 1. The van der Waals surface area contributed by atoms with Gasteiger partial charge in [0.1, 0.15) is 6.61 Å². The van der Waals surface area contributed by atoms with Crippen molar-refractivity contribution in [3.8, 4) is 0 Å². The van der Waals surface area contributed by atoms with E-state index in [2.05, 4.69) is 0 Å². The van der Waals surface area contributed by atoms with Gasteiger partial charge < -0.3 is 4.74 Å². The van der Waals surface area contributed by atoms with Crippen LogP contribution < -0.4 is 0 Å². The third-order valence-corrected chi connectivity index (χ3v) is 2.42. The second-order valence-corrected chi connectivity index (χ2v) is 4.67. The van der Waals surface area contributed by atoms with Crippen molar-refractivity contribution in [1.82, 2.24) is 4.90 Å². The summed E-state index contributed by atoms with van der Waals surface area (Å²) in [5, 5.41) is 0. The van der Waals surface area contributed by atoms with Gasteiger partial charge in [-0.25, -0.2) is 9.69 Å². The Morgan fingerprint density at radius 3 is 2.60 bits per heavy atom. The van der Waals surface area contributed by atoms with Crippen molar-refractivity contribution in [3.63, 3.8) is 0 Å². The number of allylic oxidation sites excluding steroid dienone is 1. The molecule has 1 atom stereocenters. The van der Waals surface area contributed by atoms with E-state index in [0.29, 0.717) is 0 Å².